The molecule has 4 aromatic carbocycles. The van der Waals surface area contributed by atoms with Crippen molar-refractivity contribution >= 4 is 98.2 Å². The Morgan fingerprint density at radius 2 is 0.648 bits per heavy atom. The maximum Gasteiger partial charge on any atom is 0.410 e. The van der Waals surface area contributed by atoms with Crippen molar-refractivity contribution in [3.8, 4) is 46.0 Å². The van der Waals surface area contributed by atoms with Gasteiger partial charge in [0.25, 0.3) is 10.1 Å². The molecule has 4 aromatic heterocycles. The van der Waals surface area contributed by atoms with Gasteiger partial charge in [-0.15, -0.1) is 0 Å². The smallest absolute Gasteiger partial charge is 0.410 e. The number of hydrogen-bond acceptors (Lipinski definition) is 37. The van der Waals surface area contributed by atoms with Crippen LogP contribution in [0.5, 0.6) is 46.0 Å². The first-order valence-corrected chi connectivity index (χ1v) is 49.6. The zero-order valence-electron chi connectivity index (χ0n) is 87.0. The summed E-state index contributed by atoms with van der Waals surface area (Å²) in [6.45, 7) is 35.1. The van der Waals surface area contributed by atoms with Crippen LogP contribution in [-0.2, 0) is 28.5 Å². The second-order valence-electron chi connectivity index (χ2n) is 37.6. The minimum atomic E-state index is -3.38. The van der Waals surface area contributed by atoms with E-state index in [-0.39, 0.29) is 50.6 Å². The lowest BCUT2D eigenvalue weighted by atomic mass is 9.98. The SMILES string of the molecule is C.CC(C)(C)OC(=O)N1CCC(CO)CC1.CC(C)(C)OC(=O)N1CCC(COS(C)(=O)=O)CC1.CNc1cc(C)nc(Nc2ccc(OC)c(O)c2)n1.CNc1cc(C)nc(Nc2ccc(OC)c(OCC3CCN(C(=O)OC(C)(C)C)CC3)c2)n1.CNc1cc(C)nc(Nc2ccc(OC)c(OCC3CCN(C)CC3)c2)n1.CNc1cc(C)nc(Nc2ccc(OC)c(OCC3CCNCC3)c2)n1.CO. The molecule has 0 bridgehead atoms. The Morgan fingerprint density at radius 1 is 0.387 bits per heavy atom. The molecule has 3 amide bonds. The fourth-order valence-electron chi connectivity index (χ4n) is 14.9. The van der Waals surface area contributed by atoms with E-state index in [1.54, 1.807) is 61.3 Å². The quantitative estimate of drug-likeness (QED) is 0.0153. The van der Waals surface area contributed by atoms with Crippen molar-refractivity contribution in [2.24, 2.45) is 29.6 Å². The van der Waals surface area contributed by atoms with Crippen LogP contribution in [0.4, 0.5) is 84.2 Å². The third-order valence-corrected chi connectivity index (χ3v) is 23.0. The van der Waals surface area contributed by atoms with E-state index in [1.807, 2.05) is 190 Å². The number of phenolic OH excluding ortho intramolecular Hbond substituents is 1. The van der Waals surface area contributed by atoms with E-state index < -0.39 is 26.9 Å². The molecule has 142 heavy (non-hydrogen) atoms. The summed E-state index contributed by atoms with van der Waals surface area (Å²) < 4.78 is 82.3. The summed E-state index contributed by atoms with van der Waals surface area (Å²) in [7, 11) is 13.5. The molecule has 5 aliphatic rings. The first-order chi connectivity index (χ1) is 67.0. The number of nitrogens with zero attached hydrogens (tertiary/aromatic N) is 12. The summed E-state index contributed by atoms with van der Waals surface area (Å²) >= 11 is 0. The second kappa shape index (κ2) is 58.8. The predicted octanol–water partition coefficient (Wildman–Crippen LogP) is 16.6. The molecule has 5 aliphatic heterocycles. The Labute approximate surface area is 840 Å². The lowest BCUT2D eigenvalue weighted by Gasteiger charge is -2.33. The van der Waals surface area contributed by atoms with Crippen LogP contribution in [0.1, 0.15) is 157 Å². The van der Waals surface area contributed by atoms with E-state index in [1.165, 1.54) is 20.0 Å². The van der Waals surface area contributed by atoms with Crippen LogP contribution in [0.2, 0.25) is 0 Å². The molecule has 0 atom stereocenters. The number of aromatic nitrogens is 8. The number of nitrogens with one attached hydrogen (secondary N) is 9. The number of aliphatic hydroxyl groups is 2. The number of piperidine rings is 5. The van der Waals surface area contributed by atoms with Crippen LogP contribution in [-0.4, -0.2) is 294 Å². The van der Waals surface area contributed by atoms with Gasteiger partial charge in [-0.3, -0.25) is 4.18 Å². The molecule has 788 valence electrons. The molecule has 13 rings (SSSR count). The van der Waals surface area contributed by atoms with Gasteiger partial charge in [0.05, 0.1) is 61.1 Å². The monoisotopic (exact) mass is 2000 g/mol. The number of aliphatic hydroxyl groups excluding tert-OH is 2. The van der Waals surface area contributed by atoms with E-state index in [9.17, 15) is 27.9 Å². The highest BCUT2D eigenvalue weighted by atomic mass is 32.2. The lowest BCUT2D eigenvalue weighted by Crippen LogP contribution is -2.42. The Morgan fingerprint density at radius 3 is 0.908 bits per heavy atom. The Bertz CT molecular complexity index is 5270. The fourth-order valence-corrected chi connectivity index (χ4v) is 15.3. The molecule has 41 heteroatoms. The summed E-state index contributed by atoms with van der Waals surface area (Å²) in [6.07, 6.45) is 9.80. The van der Waals surface area contributed by atoms with Gasteiger partial charge in [0, 0.05) is 175 Å². The molecule has 12 N–H and O–H groups in total. The topological polar surface area (TPSA) is 472 Å². The number of phenols is 1. The minimum Gasteiger partial charge on any atom is -0.504 e. The Kier molecular flexibility index (Phi) is 49.0. The number of methoxy groups -OCH3 is 4. The first kappa shape index (κ1) is 118. The number of hydrogen-bond donors (Lipinski definition) is 12. The fraction of sp³-hybridized carbons (Fsp3) is 0.574. The molecule has 0 aliphatic carbocycles. The van der Waals surface area contributed by atoms with Crippen LogP contribution in [0.25, 0.3) is 0 Å². The minimum absolute atomic E-state index is 0. The molecule has 0 unspecified atom stereocenters. The molecule has 0 spiro atoms. The Balaban J connectivity index is 0.000000264. The summed E-state index contributed by atoms with van der Waals surface area (Å²) in [5, 5.41) is 53.9. The number of rotatable bonds is 29. The van der Waals surface area contributed by atoms with Gasteiger partial charge >= 0.3 is 18.3 Å². The van der Waals surface area contributed by atoms with Crippen molar-refractivity contribution in [2.45, 2.75) is 178 Å². The summed E-state index contributed by atoms with van der Waals surface area (Å²) in [6, 6.07) is 29.7. The number of benzene rings is 4. The van der Waals surface area contributed by atoms with Crippen molar-refractivity contribution in [3.05, 3.63) is 120 Å². The number of aromatic hydroxyl groups is 1. The van der Waals surface area contributed by atoms with Crippen molar-refractivity contribution in [3.63, 3.8) is 0 Å². The van der Waals surface area contributed by atoms with Gasteiger partial charge in [-0.1, -0.05) is 7.43 Å². The zero-order chi connectivity index (χ0) is 104. The largest absolute Gasteiger partial charge is 0.504 e. The molecule has 0 saturated carbocycles. The maximum atomic E-state index is 12.3. The molecule has 8 aromatic rings. The van der Waals surface area contributed by atoms with Gasteiger partial charge in [-0.25, -0.2) is 34.3 Å². The number of aryl methyl sites for hydroxylation is 4. The van der Waals surface area contributed by atoms with Crippen LogP contribution >= 0.6 is 0 Å². The van der Waals surface area contributed by atoms with Crippen LogP contribution in [0.3, 0.4) is 0 Å². The van der Waals surface area contributed by atoms with E-state index in [2.05, 4.69) is 99.7 Å². The average molecular weight is 2000 g/mol. The summed E-state index contributed by atoms with van der Waals surface area (Å²) in [5.41, 5.74) is 5.30. The number of likely N-dealkylation sites (tertiary alicyclic amines) is 4. The number of amides is 3. The maximum absolute atomic E-state index is 12.3. The van der Waals surface area contributed by atoms with Gasteiger partial charge in [-0.2, -0.15) is 28.4 Å². The van der Waals surface area contributed by atoms with E-state index in [4.69, 9.17) is 61.8 Å². The van der Waals surface area contributed by atoms with Crippen molar-refractivity contribution < 1.29 is 89.7 Å². The molecule has 5 fully saturated rings. The van der Waals surface area contributed by atoms with Gasteiger partial charge in [0.15, 0.2) is 46.0 Å². The normalized spacial score (nSPS) is 14.9. The zero-order valence-corrected chi connectivity index (χ0v) is 87.8. The first-order valence-electron chi connectivity index (χ1n) is 47.8. The van der Waals surface area contributed by atoms with Gasteiger partial charge < -0.3 is 130 Å². The summed E-state index contributed by atoms with van der Waals surface area (Å²) in [4.78, 5) is 78.4. The van der Waals surface area contributed by atoms with Crippen molar-refractivity contribution in [2.75, 3.05) is 218 Å². The van der Waals surface area contributed by atoms with Crippen molar-refractivity contribution in [1.82, 2.24) is 64.8 Å². The van der Waals surface area contributed by atoms with Crippen LogP contribution in [0.15, 0.2) is 97.1 Å². The number of ether oxygens (including phenoxy) is 10. The summed E-state index contributed by atoms with van der Waals surface area (Å²) in [5.74, 6) is 11.9. The van der Waals surface area contributed by atoms with Gasteiger partial charge in [0.1, 0.15) is 40.1 Å². The van der Waals surface area contributed by atoms with Gasteiger partial charge in [-0.05, 0) is 266 Å². The molecule has 40 nitrogen and oxygen atoms in total. The van der Waals surface area contributed by atoms with Crippen LogP contribution < -0.4 is 81.0 Å². The predicted molar refractivity (Wildman–Crippen MR) is 559 cm³/mol. The number of carbonyl (C=O) groups is 3. The number of carbonyl (C=O) groups excluding carboxylic acids is 3. The third kappa shape index (κ3) is 43.2. The highest BCUT2D eigenvalue weighted by Gasteiger charge is 2.32. The van der Waals surface area contributed by atoms with E-state index >= 15 is 0 Å². The number of anilines is 12. The van der Waals surface area contributed by atoms with Crippen molar-refractivity contribution in [1.29, 1.82) is 0 Å². The molecular weight excluding hydrogens is 1840 g/mol. The van der Waals surface area contributed by atoms with Gasteiger partial charge in [0.2, 0.25) is 23.8 Å². The molecule has 9 heterocycles. The average Bonchev–Trinajstić information content (AvgIpc) is 0.838. The van der Waals surface area contributed by atoms with E-state index in [0.29, 0.717) is 129 Å². The molecular formula is C101H159N21O19S. The highest BCUT2D eigenvalue weighted by Crippen LogP contribution is 2.38. The second-order valence-corrected chi connectivity index (χ2v) is 39.3. The van der Waals surface area contributed by atoms with E-state index in [0.717, 1.165) is 177 Å². The third-order valence-electron chi connectivity index (χ3n) is 22.4. The molecule has 5 saturated heterocycles. The molecule has 0 radical (unpaired) electrons. The highest BCUT2D eigenvalue weighted by molar-refractivity contribution is 7.86. The standard InChI is InChI=1S/C24H35N5O4.C20H29N5O2.C19H27N5O2.C13H16N4O2.C12H23NO5S.C11H21NO3.CH4O.CH4/c1-16-13-21(25-5)28-22(26-16)27-18-7-8-19(31-6)20(14-18)32-15-17-9-11-29(12-10-17)23(30)33-24(2,3)4;1-14-11-19(21-2)24-20(22-14)23-16-5-6-17(26-4)18(12-16)27-13-15-7-9-25(3)10-8-15;1-13-10-18(20-2)24-19(22-13)23-15-4-5-16(25-3)17(11-15)26-12-14-6-8-21-9-7-14;1-8-6-12(14-2)17-13(15-8)16-9-4-5-11(19-3)10(18)7-9;1-12(2,3)18-11(14)13-7-5-10(6-8-13)9-17-19(4,15)16;1-11(2,3)15-10(14)12-6-4-9(8-13)5-7-12;1-2;/h7-8,13-14,17H,9-12,15H2,1-6H3,(H2,25,26,27,28);5-6,11-12,15H,7-10,13H2,1-4H3,(H2,21,22,23,24);4-5,10-11,14,21H,6-9,12H2,1-3H3,(H2,20,22,23,24);4-7,18H,1-3H3,(H2,14,15,16,17);10H,5-9H2,1-4H3;9,13H,4-8H2,1-3H3;2H,1H3;1H4. The lowest BCUT2D eigenvalue weighted by molar-refractivity contribution is 0.0151. The Hall–Kier alpha value is -12.4. The van der Waals surface area contributed by atoms with Crippen LogP contribution in [0, 0.1) is 57.3 Å².